The lowest BCUT2D eigenvalue weighted by Crippen LogP contribution is -2.06. The van der Waals surface area contributed by atoms with E-state index in [0.29, 0.717) is 5.56 Å². The second-order valence-corrected chi connectivity index (χ2v) is 2.50. The smallest absolute Gasteiger partial charge is 0.0991 e. The van der Waals surface area contributed by atoms with E-state index < -0.39 is 0 Å². The summed E-state index contributed by atoms with van der Waals surface area (Å²) in [7, 11) is 0. The molecule has 2 heteroatoms. The number of hydrogen-bond donors (Lipinski definition) is 1. The van der Waals surface area contributed by atoms with Crippen molar-refractivity contribution in [2.24, 2.45) is 5.73 Å². The monoisotopic (exact) mass is 158 g/mol. The zero-order valence-corrected chi connectivity index (χ0v) is 6.70. The van der Waals surface area contributed by atoms with Crippen molar-refractivity contribution >= 4 is 0 Å². The van der Waals surface area contributed by atoms with Crippen LogP contribution in [-0.4, -0.2) is 0 Å². The SMILES string of the molecule is C=CC(N)c1cccc(C#N)c1. The number of rotatable bonds is 2. The summed E-state index contributed by atoms with van der Waals surface area (Å²) < 4.78 is 0. The summed E-state index contributed by atoms with van der Waals surface area (Å²) in [6.07, 6.45) is 1.65. The maximum absolute atomic E-state index is 8.60. The van der Waals surface area contributed by atoms with E-state index in [4.69, 9.17) is 11.0 Å². The van der Waals surface area contributed by atoms with E-state index in [1.165, 1.54) is 0 Å². The molecule has 0 aliphatic rings. The number of nitrogens with zero attached hydrogens (tertiary/aromatic N) is 1. The lowest BCUT2D eigenvalue weighted by Gasteiger charge is -2.05. The highest BCUT2D eigenvalue weighted by molar-refractivity contribution is 5.35. The molecule has 0 amide bonds. The van der Waals surface area contributed by atoms with E-state index in [9.17, 15) is 0 Å². The van der Waals surface area contributed by atoms with Gasteiger partial charge in [-0.25, -0.2) is 0 Å². The summed E-state index contributed by atoms with van der Waals surface area (Å²) in [4.78, 5) is 0. The fourth-order valence-electron chi connectivity index (χ4n) is 0.952. The molecular formula is C10H10N2. The van der Waals surface area contributed by atoms with Gasteiger partial charge in [0.25, 0.3) is 0 Å². The molecule has 0 bridgehead atoms. The lowest BCUT2D eigenvalue weighted by molar-refractivity contribution is 0.914. The molecule has 0 saturated carbocycles. The molecule has 0 radical (unpaired) electrons. The van der Waals surface area contributed by atoms with Gasteiger partial charge in [0, 0.05) is 6.04 Å². The molecule has 60 valence electrons. The van der Waals surface area contributed by atoms with Crippen molar-refractivity contribution in [3.63, 3.8) is 0 Å². The van der Waals surface area contributed by atoms with E-state index in [1.807, 2.05) is 12.1 Å². The largest absolute Gasteiger partial charge is 0.321 e. The Morgan fingerprint density at radius 1 is 1.58 bits per heavy atom. The van der Waals surface area contributed by atoms with Crippen LogP contribution in [0.5, 0.6) is 0 Å². The van der Waals surface area contributed by atoms with E-state index in [0.717, 1.165) is 5.56 Å². The fourth-order valence-corrected chi connectivity index (χ4v) is 0.952. The molecule has 0 saturated heterocycles. The quantitative estimate of drug-likeness (QED) is 0.666. The molecule has 0 spiro atoms. The van der Waals surface area contributed by atoms with Crippen LogP contribution in [0.1, 0.15) is 17.2 Å². The van der Waals surface area contributed by atoms with Crippen LogP contribution in [-0.2, 0) is 0 Å². The topological polar surface area (TPSA) is 49.8 Å². The molecule has 1 atom stereocenters. The van der Waals surface area contributed by atoms with Gasteiger partial charge in [-0.15, -0.1) is 6.58 Å². The molecule has 0 fully saturated rings. The van der Waals surface area contributed by atoms with E-state index in [-0.39, 0.29) is 6.04 Å². The van der Waals surface area contributed by atoms with Crippen LogP contribution in [0.2, 0.25) is 0 Å². The van der Waals surface area contributed by atoms with Gasteiger partial charge in [0.2, 0.25) is 0 Å². The van der Waals surface area contributed by atoms with Crippen molar-refractivity contribution in [2.75, 3.05) is 0 Å². The Morgan fingerprint density at radius 2 is 2.33 bits per heavy atom. The molecule has 2 N–H and O–H groups in total. The maximum Gasteiger partial charge on any atom is 0.0991 e. The number of hydrogen-bond acceptors (Lipinski definition) is 2. The summed E-state index contributed by atoms with van der Waals surface area (Å²) in [5, 5.41) is 8.60. The third kappa shape index (κ3) is 1.71. The van der Waals surface area contributed by atoms with Crippen molar-refractivity contribution in [2.45, 2.75) is 6.04 Å². The number of benzene rings is 1. The third-order valence-electron chi connectivity index (χ3n) is 1.65. The van der Waals surface area contributed by atoms with Gasteiger partial charge >= 0.3 is 0 Å². The third-order valence-corrected chi connectivity index (χ3v) is 1.65. The molecule has 1 aromatic rings. The molecular weight excluding hydrogens is 148 g/mol. The predicted octanol–water partition coefficient (Wildman–Crippen LogP) is 1.74. The first-order valence-electron chi connectivity index (χ1n) is 3.66. The van der Waals surface area contributed by atoms with Crippen LogP contribution >= 0.6 is 0 Å². The van der Waals surface area contributed by atoms with Gasteiger partial charge in [-0.2, -0.15) is 5.26 Å². The maximum atomic E-state index is 8.60. The Balaban J connectivity index is 3.03. The Morgan fingerprint density at radius 3 is 2.92 bits per heavy atom. The number of nitrogens with two attached hydrogens (primary N) is 1. The van der Waals surface area contributed by atoms with E-state index >= 15 is 0 Å². The minimum Gasteiger partial charge on any atom is -0.321 e. The minimum atomic E-state index is -0.182. The second-order valence-electron chi connectivity index (χ2n) is 2.50. The Hall–Kier alpha value is -1.59. The Bertz CT molecular complexity index is 323. The van der Waals surface area contributed by atoms with Crippen LogP contribution in [0.25, 0.3) is 0 Å². The molecule has 1 unspecified atom stereocenters. The van der Waals surface area contributed by atoms with Crippen molar-refractivity contribution in [3.05, 3.63) is 48.0 Å². The van der Waals surface area contributed by atoms with Crippen LogP contribution in [0, 0.1) is 11.3 Å². The van der Waals surface area contributed by atoms with Gasteiger partial charge < -0.3 is 5.73 Å². The first kappa shape index (κ1) is 8.51. The Kier molecular flexibility index (Phi) is 2.62. The predicted molar refractivity (Wildman–Crippen MR) is 48.3 cm³/mol. The highest BCUT2D eigenvalue weighted by atomic mass is 14.6. The summed E-state index contributed by atoms with van der Waals surface area (Å²) in [6, 6.07) is 9.09. The number of nitriles is 1. The van der Waals surface area contributed by atoms with Gasteiger partial charge in [0.05, 0.1) is 11.6 Å². The summed E-state index contributed by atoms with van der Waals surface area (Å²) in [6.45, 7) is 3.58. The van der Waals surface area contributed by atoms with Gasteiger partial charge in [0.1, 0.15) is 0 Å². The van der Waals surface area contributed by atoms with Crippen LogP contribution in [0.3, 0.4) is 0 Å². The molecule has 0 aliphatic carbocycles. The standard InChI is InChI=1S/C10H10N2/c1-2-10(12)9-5-3-4-8(6-9)7-11/h2-6,10H,1,12H2. The zero-order chi connectivity index (χ0) is 8.97. The van der Waals surface area contributed by atoms with Crippen molar-refractivity contribution in [1.29, 1.82) is 5.26 Å². The van der Waals surface area contributed by atoms with Gasteiger partial charge in [-0.1, -0.05) is 18.2 Å². The lowest BCUT2D eigenvalue weighted by atomic mass is 10.1. The van der Waals surface area contributed by atoms with Crippen LogP contribution in [0.15, 0.2) is 36.9 Å². The molecule has 0 heterocycles. The normalized spacial score (nSPS) is 11.7. The zero-order valence-electron chi connectivity index (χ0n) is 6.70. The van der Waals surface area contributed by atoms with E-state index in [1.54, 1.807) is 18.2 Å². The van der Waals surface area contributed by atoms with Crippen molar-refractivity contribution in [3.8, 4) is 6.07 Å². The van der Waals surface area contributed by atoms with Crippen molar-refractivity contribution in [1.82, 2.24) is 0 Å². The first-order valence-corrected chi connectivity index (χ1v) is 3.66. The average Bonchev–Trinajstić information content (AvgIpc) is 2.17. The van der Waals surface area contributed by atoms with Gasteiger partial charge in [-0.05, 0) is 17.7 Å². The molecule has 1 rings (SSSR count). The second kappa shape index (κ2) is 3.70. The van der Waals surface area contributed by atoms with Gasteiger partial charge in [0.15, 0.2) is 0 Å². The highest BCUT2D eigenvalue weighted by Crippen LogP contribution is 2.12. The Labute approximate surface area is 71.9 Å². The minimum absolute atomic E-state index is 0.182. The highest BCUT2D eigenvalue weighted by Gasteiger charge is 2.00. The van der Waals surface area contributed by atoms with E-state index in [2.05, 4.69) is 12.6 Å². The van der Waals surface area contributed by atoms with Crippen LogP contribution < -0.4 is 5.73 Å². The van der Waals surface area contributed by atoms with Crippen molar-refractivity contribution < 1.29 is 0 Å². The van der Waals surface area contributed by atoms with Crippen LogP contribution in [0.4, 0.5) is 0 Å². The molecule has 12 heavy (non-hydrogen) atoms. The average molecular weight is 158 g/mol. The molecule has 0 aliphatic heterocycles. The molecule has 1 aromatic carbocycles. The van der Waals surface area contributed by atoms with Gasteiger partial charge in [-0.3, -0.25) is 0 Å². The fraction of sp³-hybridized carbons (Fsp3) is 0.100. The first-order chi connectivity index (χ1) is 5.77. The summed E-state index contributed by atoms with van der Waals surface area (Å²) >= 11 is 0. The molecule has 2 nitrogen and oxygen atoms in total. The molecule has 0 aromatic heterocycles. The summed E-state index contributed by atoms with van der Waals surface area (Å²) in [5.74, 6) is 0. The summed E-state index contributed by atoms with van der Waals surface area (Å²) in [5.41, 5.74) is 7.24.